The number of hydrogen-bond acceptors (Lipinski definition) is 6. The second-order valence-electron chi connectivity index (χ2n) is 7.58. The van der Waals surface area contributed by atoms with Crippen LogP contribution in [0.2, 0.25) is 0 Å². The Bertz CT molecular complexity index is 779. The van der Waals surface area contributed by atoms with E-state index in [2.05, 4.69) is 20.8 Å². The van der Waals surface area contributed by atoms with Gasteiger partial charge in [0.2, 0.25) is 0 Å². The summed E-state index contributed by atoms with van der Waals surface area (Å²) in [4.78, 5) is 17.4. The van der Waals surface area contributed by atoms with Crippen LogP contribution in [0.15, 0.2) is 10.6 Å². The molecule has 1 saturated heterocycles. The van der Waals surface area contributed by atoms with Crippen molar-refractivity contribution in [2.75, 3.05) is 33.4 Å². The van der Waals surface area contributed by atoms with E-state index in [0.29, 0.717) is 29.8 Å². The van der Waals surface area contributed by atoms with Gasteiger partial charge < -0.3 is 19.9 Å². The molecule has 0 radical (unpaired) electrons. The molecule has 2 aromatic rings. The second kappa shape index (κ2) is 8.99. The molecule has 1 aliphatic rings. The Morgan fingerprint density at radius 3 is 2.74 bits per heavy atom. The van der Waals surface area contributed by atoms with E-state index in [1.807, 2.05) is 26.8 Å². The van der Waals surface area contributed by atoms with E-state index in [4.69, 9.17) is 9.26 Å². The molecule has 0 unspecified atom stereocenters. The number of aromatic nitrogens is 2. The zero-order valence-electron chi connectivity index (χ0n) is 16.4. The van der Waals surface area contributed by atoms with Crippen molar-refractivity contribution in [3.05, 3.63) is 23.0 Å². The number of rotatable bonds is 6. The Hall–Kier alpha value is -1.70. The molecule has 0 bridgehead atoms. The number of nitrogens with zero attached hydrogens (tertiary/aromatic N) is 2. The minimum atomic E-state index is -0.111. The van der Waals surface area contributed by atoms with Gasteiger partial charge in [0.15, 0.2) is 0 Å². The van der Waals surface area contributed by atoms with Gasteiger partial charge in [0, 0.05) is 24.8 Å². The summed E-state index contributed by atoms with van der Waals surface area (Å²) in [5, 5.41) is 11.3. The van der Waals surface area contributed by atoms with Crippen molar-refractivity contribution in [3.8, 4) is 0 Å². The third kappa shape index (κ3) is 4.59. The predicted octanol–water partition coefficient (Wildman–Crippen LogP) is 2.82. The summed E-state index contributed by atoms with van der Waals surface area (Å²) in [7, 11) is 1.72. The molecule has 0 aliphatic carbocycles. The smallest absolute Gasteiger partial charge is 0.259 e. The van der Waals surface area contributed by atoms with Gasteiger partial charge in [-0.25, -0.2) is 4.98 Å². The molecule has 1 fully saturated rings. The first-order valence-corrected chi connectivity index (χ1v) is 9.20. The van der Waals surface area contributed by atoms with E-state index in [9.17, 15) is 4.79 Å². The molecule has 0 saturated carbocycles. The fraction of sp³-hybridized carbons (Fsp3) is 0.632. The Balaban J connectivity index is 0.00000261. The number of amides is 1. The van der Waals surface area contributed by atoms with Crippen molar-refractivity contribution in [2.24, 2.45) is 5.41 Å². The van der Waals surface area contributed by atoms with E-state index < -0.39 is 0 Å². The average molecular weight is 397 g/mol. The van der Waals surface area contributed by atoms with Gasteiger partial charge in [-0.3, -0.25) is 4.79 Å². The minimum Gasteiger partial charge on any atom is -0.384 e. The van der Waals surface area contributed by atoms with Crippen LogP contribution in [0.1, 0.15) is 54.4 Å². The maximum Gasteiger partial charge on any atom is 0.259 e. The average Bonchev–Trinajstić information content (AvgIpc) is 3.04. The number of piperidine rings is 1. The van der Waals surface area contributed by atoms with Gasteiger partial charge in [-0.1, -0.05) is 19.0 Å². The van der Waals surface area contributed by atoms with E-state index in [1.54, 1.807) is 7.11 Å². The lowest BCUT2D eigenvalue weighted by molar-refractivity contribution is 0.0512. The normalized spacial score (nSPS) is 16.3. The largest absolute Gasteiger partial charge is 0.384 e. The molecule has 0 aromatic carbocycles. The van der Waals surface area contributed by atoms with Gasteiger partial charge >= 0.3 is 0 Å². The minimum absolute atomic E-state index is 0. The summed E-state index contributed by atoms with van der Waals surface area (Å²) in [6.45, 7) is 9.04. The third-order valence-electron chi connectivity index (χ3n) is 5.13. The molecule has 2 aromatic heterocycles. The van der Waals surface area contributed by atoms with Gasteiger partial charge in [0.25, 0.3) is 11.6 Å². The topological polar surface area (TPSA) is 89.3 Å². The molecular formula is C19H29ClN4O3. The number of aryl methyl sites for hydroxylation is 1. The number of carbonyl (C=O) groups is 1. The number of fused-ring (bicyclic) bond motifs is 1. The Morgan fingerprint density at radius 1 is 1.41 bits per heavy atom. The third-order valence-corrected chi connectivity index (χ3v) is 5.13. The summed E-state index contributed by atoms with van der Waals surface area (Å²) in [5.74, 6) is 0.0381. The second-order valence-corrected chi connectivity index (χ2v) is 7.58. The van der Waals surface area contributed by atoms with Gasteiger partial charge in [0.05, 0.1) is 23.3 Å². The Labute approximate surface area is 166 Å². The molecule has 0 atom stereocenters. The van der Waals surface area contributed by atoms with E-state index >= 15 is 0 Å². The van der Waals surface area contributed by atoms with Crippen molar-refractivity contribution < 1.29 is 14.1 Å². The maximum atomic E-state index is 13.0. The van der Waals surface area contributed by atoms with Crippen LogP contribution in [0, 0.1) is 12.3 Å². The SMILES string of the molecule is COCC1(CNC(=O)c2cc(C)nc3onc(C(C)C)c23)CCNCC1.Cl. The number of nitrogens with one attached hydrogen (secondary N) is 2. The van der Waals surface area contributed by atoms with Crippen LogP contribution in [0.4, 0.5) is 0 Å². The van der Waals surface area contributed by atoms with Gasteiger partial charge in [-0.05, 0) is 44.8 Å². The number of ether oxygens (including phenoxy) is 1. The monoisotopic (exact) mass is 396 g/mol. The molecule has 150 valence electrons. The lowest BCUT2D eigenvalue weighted by Crippen LogP contribution is -2.47. The summed E-state index contributed by atoms with van der Waals surface area (Å²) >= 11 is 0. The Morgan fingerprint density at radius 2 is 2.11 bits per heavy atom. The Kier molecular flexibility index (Phi) is 7.19. The number of carbonyl (C=O) groups excluding carboxylic acids is 1. The molecule has 3 heterocycles. The van der Waals surface area contributed by atoms with E-state index in [-0.39, 0.29) is 29.6 Å². The quantitative estimate of drug-likeness (QED) is 0.780. The summed E-state index contributed by atoms with van der Waals surface area (Å²) in [5.41, 5.74) is 2.49. The maximum absolute atomic E-state index is 13.0. The van der Waals surface area contributed by atoms with E-state index in [0.717, 1.165) is 37.3 Å². The van der Waals surface area contributed by atoms with Crippen LogP contribution in [0.3, 0.4) is 0 Å². The number of methoxy groups -OCH3 is 1. The highest BCUT2D eigenvalue weighted by Crippen LogP contribution is 2.30. The first-order valence-electron chi connectivity index (χ1n) is 9.20. The lowest BCUT2D eigenvalue weighted by atomic mass is 9.79. The van der Waals surface area contributed by atoms with Crippen molar-refractivity contribution in [2.45, 2.75) is 39.5 Å². The van der Waals surface area contributed by atoms with Gasteiger partial charge in [0.1, 0.15) is 0 Å². The molecule has 8 heteroatoms. The van der Waals surface area contributed by atoms with Crippen LogP contribution in [0.5, 0.6) is 0 Å². The van der Waals surface area contributed by atoms with Crippen LogP contribution in [-0.2, 0) is 4.74 Å². The predicted molar refractivity (Wildman–Crippen MR) is 107 cm³/mol. The highest BCUT2D eigenvalue weighted by Gasteiger charge is 2.33. The van der Waals surface area contributed by atoms with Crippen LogP contribution in [0.25, 0.3) is 11.1 Å². The first-order chi connectivity index (χ1) is 12.5. The number of hydrogen-bond donors (Lipinski definition) is 2. The summed E-state index contributed by atoms with van der Waals surface area (Å²) in [6.07, 6.45) is 1.97. The number of pyridine rings is 1. The molecule has 7 nitrogen and oxygen atoms in total. The molecule has 1 amide bonds. The summed E-state index contributed by atoms with van der Waals surface area (Å²) in [6, 6.07) is 1.81. The van der Waals surface area contributed by atoms with Crippen molar-refractivity contribution in [1.29, 1.82) is 0 Å². The molecule has 27 heavy (non-hydrogen) atoms. The first kappa shape index (κ1) is 21.6. The van der Waals surface area contributed by atoms with Crippen molar-refractivity contribution in [3.63, 3.8) is 0 Å². The number of halogens is 1. The van der Waals surface area contributed by atoms with E-state index in [1.165, 1.54) is 0 Å². The summed E-state index contributed by atoms with van der Waals surface area (Å²) < 4.78 is 10.8. The fourth-order valence-corrected chi connectivity index (χ4v) is 3.67. The van der Waals surface area contributed by atoms with Gasteiger partial charge in [-0.2, -0.15) is 0 Å². The fourth-order valence-electron chi connectivity index (χ4n) is 3.67. The van der Waals surface area contributed by atoms with Crippen molar-refractivity contribution >= 4 is 29.4 Å². The standard InChI is InChI=1S/C19H28N4O3.ClH/c1-12(2)16-15-14(9-13(3)22-18(15)26-23-16)17(24)21-10-19(11-25-4)5-7-20-8-6-19;/h9,12,20H,5-8,10-11H2,1-4H3,(H,21,24);1H. The highest BCUT2D eigenvalue weighted by atomic mass is 35.5. The zero-order chi connectivity index (χ0) is 18.7. The van der Waals surface area contributed by atoms with Gasteiger partial charge in [-0.15, -0.1) is 12.4 Å². The van der Waals surface area contributed by atoms with Crippen LogP contribution >= 0.6 is 12.4 Å². The molecule has 2 N–H and O–H groups in total. The molecule has 0 spiro atoms. The molecule has 3 rings (SSSR count). The zero-order valence-corrected chi connectivity index (χ0v) is 17.2. The highest BCUT2D eigenvalue weighted by molar-refractivity contribution is 6.06. The molecule has 1 aliphatic heterocycles. The van der Waals surface area contributed by atoms with Crippen molar-refractivity contribution in [1.82, 2.24) is 20.8 Å². The lowest BCUT2D eigenvalue weighted by Gasteiger charge is -2.37. The molecular weight excluding hydrogens is 368 g/mol. The van der Waals surface area contributed by atoms with Crippen LogP contribution in [-0.4, -0.2) is 49.4 Å². The van der Waals surface area contributed by atoms with Crippen LogP contribution < -0.4 is 10.6 Å².